The van der Waals surface area contributed by atoms with E-state index in [9.17, 15) is 9.18 Å². The summed E-state index contributed by atoms with van der Waals surface area (Å²) in [6, 6.07) is 10.2. The van der Waals surface area contributed by atoms with Crippen LogP contribution in [0.25, 0.3) is 11.4 Å². The molecule has 0 atom stereocenters. The number of thiazole rings is 1. The Morgan fingerprint density at radius 1 is 1.21 bits per heavy atom. The first-order chi connectivity index (χ1) is 11.6. The van der Waals surface area contributed by atoms with Gasteiger partial charge in [0.1, 0.15) is 5.82 Å². The maximum absolute atomic E-state index is 13.5. The van der Waals surface area contributed by atoms with E-state index in [1.807, 2.05) is 23.6 Å². The number of rotatable bonds is 5. The van der Waals surface area contributed by atoms with Crippen LogP contribution in [0.2, 0.25) is 0 Å². The predicted molar refractivity (Wildman–Crippen MR) is 92.5 cm³/mol. The molecule has 0 saturated heterocycles. The highest BCUT2D eigenvalue weighted by Gasteiger charge is 2.11. The van der Waals surface area contributed by atoms with Gasteiger partial charge >= 0.3 is 0 Å². The minimum atomic E-state index is -0.373. The Hall–Kier alpha value is -2.60. The second-order valence-corrected chi connectivity index (χ2v) is 6.20. The standard InChI is InChI=1S/C18H16FN3OS/c1-12-13(5-4-6-14(12)19)18(23)21-10-8-17-22-16(11-24-17)15-7-2-3-9-20-15/h2-7,9,11H,8,10H2,1H3,(H,21,23). The summed E-state index contributed by atoms with van der Waals surface area (Å²) < 4.78 is 13.5. The summed E-state index contributed by atoms with van der Waals surface area (Å²) in [4.78, 5) is 20.9. The smallest absolute Gasteiger partial charge is 0.251 e. The number of hydrogen-bond acceptors (Lipinski definition) is 4. The van der Waals surface area contributed by atoms with E-state index in [2.05, 4.69) is 15.3 Å². The highest BCUT2D eigenvalue weighted by molar-refractivity contribution is 7.09. The first-order valence-corrected chi connectivity index (χ1v) is 8.42. The van der Waals surface area contributed by atoms with Crippen molar-refractivity contribution in [2.45, 2.75) is 13.3 Å². The third kappa shape index (κ3) is 3.65. The molecule has 0 bridgehead atoms. The number of carbonyl (C=O) groups is 1. The van der Waals surface area contributed by atoms with E-state index < -0.39 is 0 Å². The number of hydrogen-bond donors (Lipinski definition) is 1. The van der Waals surface area contributed by atoms with Crippen molar-refractivity contribution in [1.29, 1.82) is 0 Å². The molecule has 0 fully saturated rings. The first-order valence-electron chi connectivity index (χ1n) is 7.54. The second kappa shape index (κ2) is 7.31. The zero-order chi connectivity index (χ0) is 16.9. The number of halogens is 1. The van der Waals surface area contributed by atoms with Gasteiger partial charge in [-0.1, -0.05) is 12.1 Å². The fourth-order valence-corrected chi connectivity index (χ4v) is 3.08. The number of carbonyl (C=O) groups excluding carboxylic acids is 1. The molecule has 6 heteroatoms. The first kappa shape index (κ1) is 16.3. The van der Waals surface area contributed by atoms with Crippen LogP contribution in [-0.4, -0.2) is 22.4 Å². The van der Waals surface area contributed by atoms with Crippen molar-refractivity contribution in [2.75, 3.05) is 6.54 Å². The molecule has 0 aliphatic rings. The van der Waals surface area contributed by atoms with Crippen LogP contribution in [0.4, 0.5) is 4.39 Å². The van der Waals surface area contributed by atoms with Gasteiger partial charge in [0.2, 0.25) is 0 Å². The van der Waals surface area contributed by atoms with Gasteiger partial charge < -0.3 is 5.32 Å². The monoisotopic (exact) mass is 341 g/mol. The lowest BCUT2D eigenvalue weighted by molar-refractivity contribution is 0.0953. The molecule has 2 heterocycles. The Morgan fingerprint density at radius 3 is 2.88 bits per heavy atom. The summed E-state index contributed by atoms with van der Waals surface area (Å²) >= 11 is 1.54. The van der Waals surface area contributed by atoms with Gasteiger partial charge in [-0.15, -0.1) is 11.3 Å². The lowest BCUT2D eigenvalue weighted by Gasteiger charge is -2.07. The summed E-state index contributed by atoms with van der Waals surface area (Å²) in [7, 11) is 0. The van der Waals surface area contributed by atoms with Crippen molar-refractivity contribution in [1.82, 2.24) is 15.3 Å². The van der Waals surface area contributed by atoms with E-state index in [0.29, 0.717) is 24.1 Å². The fourth-order valence-electron chi connectivity index (χ4n) is 2.29. The normalized spacial score (nSPS) is 10.6. The van der Waals surface area contributed by atoms with E-state index >= 15 is 0 Å². The summed E-state index contributed by atoms with van der Waals surface area (Å²) in [6.45, 7) is 2.05. The van der Waals surface area contributed by atoms with Gasteiger partial charge in [0.15, 0.2) is 0 Å². The summed E-state index contributed by atoms with van der Waals surface area (Å²) in [5.41, 5.74) is 2.40. The Balaban J connectivity index is 1.58. The maximum atomic E-state index is 13.5. The highest BCUT2D eigenvalue weighted by atomic mass is 32.1. The molecule has 3 rings (SSSR count). The molecular weight excluding hydrogens is 325 g/mol. The van der Waals surface area contributed by atoms with Gasteiger partial charge in [0.25, 0.3) is 5.91 Å². The van der Waals surface area contributed by atoms with Crippen LogP contribution in [0.15, 0.2) is 48.0 Å². The van der Waals surface area contributed by atoms with Crippen molar-refractivity contribution in [3.05, 3.63) is 69.9 Å². The predicted octanol–water partition coefficient (Wildman–Crippen LogP) is 3.63. The SMILES string of the molecule is Cc1c(F)cccc1C(=O)NCCc1nc(-c2ccccn2)cs1. The summed E-state index contributed by atoms with van der Waals surface area (Å²) in [6.07, 6.45) is 2.35. The molecule has 0 aliphatic heterocycles. The van der Waals surface area contributed by atoms with Crippen LogP contribution in [-0.2, 0) is 6.42 Å². The Morgan fingerprint density at radius 2 is 2.08 bits per heavy atom. The fraction of sp³-hybridized carbons (Fsp3) is 0.167. The lowest BCUT2D eigenvalue weighted by atomic mass is 10.1. The van der Waals surface area contributed by atoms with E-state index in [1.54, 1.807) is 19.2 Å². The van der Waals surface area contributed by atoms with Crippen LogP contribution < -0.4 is 5.32 Å². The van der Waals surface area contributed by atoms with Crippen LogP contribution in [0.3, 0.4) is 0 Å². The Bertz CT molecular complexity index is 848. The zero-order valence-electron chi connectivity index (χ0n) is 13.1. The molecule has 4 nitrogen and oxygen atoms in total. The Labute approximate surface area is 143 Å². The molecule has 3 aromatic rings. The number of nitrogens with zero attached hydrogens (tertiary/aromatic N) is 2. The quantitative estimate of drug-likeness (QED) is 0.771. The third-order valence-corrected chi connectivity index (χ3v) is 4.52. The molecular formula is C18H16FN3OS. The number of amides is 1. The minimum absolute atomic E-state index is 0.270. The molecule has 0 unspecified atom stereocenters. The molecule has 1 N–H and O–H groups in total. The lowest BCUT2D eigenvalue weighted by Crippen LogP contribution is -2.26. The summed E-state index contributed by atoms with van der Waals surface area (Å²) in [5.74, 6) is -0.643. The zero-order valence-corrected chi connectivity index (χ0v) is 13.9. The molecule has 0 spiro atoms. The van der Waals surface area contributed by atoms with Gasteiger partial charge in [-0.05, 0) is 36.8 Å². The number of benzene rings is 1. The number of aromatic nitrogens is 2. The molecule has 1 aromatic carbocycles. The van der Waals surface area contributed by atoms with Crippen LogP contribution in [0, 0.1) is 12.7 Å². The topological polar surface area (TPSA) is 54.9 Å². The van der Waals surface area contributed by atoms with E-state index in [4.69, 9.17) is 0 Å². The number of nitrogens with one attached hydrogen (secondary N) is 1. The third-order valence-electron chi connectivity index (χ3n) is 3.62. The van der Waals surface area contributed by atoms with Gasteiger partial charge in [-0.25, -0.2) is 9.37 Å². The van der Waals surface area contributed by atoms with Crippen molar-refractivity contribution in [3.8, 4) is 11.4 Å². The van der Waals surface area contributed by atoms with Gasteiger partial charge in [0.05, 0.1) is 16.4 Å². The summed E-state index contributed by atoms with van der Waals surface area (Å²) in [5, 5.41) is 5.69. The molecule has 0 aliphatic carbocycles. The molecule has 0 radical (unpaired) electrons. The van der Waals surface area contributed by atoms with Gasteiger partial charge in [-0.3, -0.25) is 9.78 Å². The average molecular weight is 341 g/mol. The van der Waals surface area contributed by atoms with Gasteiger partial charge in [-0.2, -0.15) is 0 Å². The molecule has 122 valence electrons. The average Bonchev–Trinajstić information content (AvgIpc) is 3.07. The molecule has 2 aromatic heterocycles. The molecule has 24 heavy (non-hydrogen) atoms. The minimum Gasteiger partial charge on any atom is -0.352 e. The number of pyridine rings is 1. The van der Waals surface area contributed by atoms with Gasteiger partial charge in [0, 0.05) is 30.1 Å². The van der Waals surface area contributed by atoms with Crippen molar-refractivity contribution >= 4 is 17.2 Å². The van der Waals surface area contributed by atoms with Crippen LogP contribution in [0.1, 0.15) is 20.9 Å². The van der Waals surface area contributed by atoms with Crippen LogP contribution in [0.5, 0.6) is 0 Å². The Kier molecular flexibility index (Phi) is 4.96. The van der Waals surface area contributed by atoms with Crippen molar-refractivity contribution < 1.29 is 9.18 Å². The van der Waals surface area contributed by atoms with Crippen LogP contribution >= 0.6 is 11.3 Å². The highest BCUT2D eigenvalue weighted by Crippen LogP contribution is 2.19. The molecule has 1 amide bonds. The maximum Gasteiger partial charge on any atom is 0.251 e. The van der Waals surface area contributed by atoms with Crippen molar-refractivity contribution in [2.24, 2.45) is 0 Å². The second-order valence-electron chi connectivity index (χ2n) is 5.26. The molecule has 0 saturated carbocycles. The van der Waals surface area contributed by atoms with E-state index in [-0.39, 0.29) is 11.7 Å². The van der Waals surface area contributed by atoms with Crippen molar-refractivity contribution in [3.63, 3.8) is 0 Å². The van der Waals surface area contributed by atoms with E-state index in [1.165, 1.54) is 23.5 Å². The van der Waals surface area contributed by atoms with E-state index in [0.717, 1.165) is 16.4 Å². The largest absolute Gasteiger partial charge is 0.352 e.